The summed E-state index contributed by atoms with van der Waals surface area (Å²) in [7, 11) is 0. The van der Waals surface area contributed by atoms with E-state index in [1.165, 1.54) is 41.7 Å². The molecule has 1 fully saturated rings. The molecule has 3 amide bonds. The number of carbonyl (C=O) groups excluding carboxylic acids is 3. The SMILES string of the molecule is O=C(Cc1cccs1)NCCN1C(=O)S/C(=C\c2ccc(OC(F)F)cc2)C1=O. The highest BCUT2D eigenvalue weighted by Crippen LogP contribution is 2.32. The largest absolute Gasteiger partial charge is 0.435 e. The number of nitrogens with zero attached hydrogens (tertiary/aromatic N) is 1. The molecule has 1 aliphatic rings. The number of hydrogen-bond acceptors (Lipinski definition) is 6. The van der Waals surface area contributed by atoms with Crippen molar-refractivity contribution in [3.05, 3.63) is 57.1 Å². The van der Waals surface area contributed by atoms with Crippen molar-refractivity contribution in [1.82, 2.24) is 10.2 Å². The fraction of sp³-hybridized carbons (Fsp3) is 0.211. The number of rotatable bonds is 8. The lowest BCUT2D eigenvalue weighted by Gasteiger charge is -2.12. The molecule has 0 aliphatic carbocycles. The third-order valence-corrected chi connectivity index (χ3v) is 5.63. The van der Waals surface area contributed by atoms with E-state index in [0.29, 0.717) is 5.56 Å². The van der Waals surface area contributed by atoms with Crippen LogP contribution in [0.15, 0.2) is 46.7 Å². The fourth-order valence-electron chi connectivity index (χ4n) is 2.53. The Morgan fingerprint density at radius 1 is 1.21 bits per heavy atom. The monoisotopic (exact) mass is 438 g/mol. The van der Waals surface area contributed by atoms with Gasteiger partial charge in [-0.2, -0.15) is 8.78 Å². The zero-order chi connectivity index (χ0) is 20.8. The summed E-state index contributed by atoms with van der Waals surface area (Å²) in [4.78, 5) is 38.7. The molecule has 0 spiro atoms. The van der Waals surface area contributed by atoms with Gasteiger partial charge in [0.15, 0.2) is 0 Å². The van der Waals surface area contributed by atoms with Gasteiger partial charge in [0.2, 0.25) is 5.91 Å². The molecule has 0 bridgehead atoms. The highest BCUT2D eigenvalue weighted by atomic mass is 32.2. The minimum absolute atomic E-state index is 0.00328. The molecule has 152 valence electrons. The Labute approximate surface area is 173 Å². The normalized spacial score (nSPS) is 15.4. The maximum Gasteiger partial charge on any atom is 0.387 e. The number of amides is 3. The third-order valence-electron chi connectivity index (χ3n) is 3.85. The summed E-state index contributed by atoms with van der Waals surface area (Å²) >= 11 is 2.27. The molecule has 2 heterocycles. The summed E-state index contributed by atoms with van der Waals surface area (Å²) in [5.41, 5.74) is 0.571. The summed E-state index contributed by atoms with van der Waals surface area (Å²) in [6.45, 7) is -2.68. The van der Waals surface area contributed by atoms with Crippen LogP contribution in [0.5, 0.6) is 5.75 Å². The number of benzene rings is 1. The number of hydrogen-bond donors (Lipinski definition) is 1. The highest BCUT2D eigenvalue weighted by molar-refractivity contribution is 8.18. The van der Waals surface area contributed by atoms with Gasteiger partial charge in [0, 0.05) is 18.0 Å². The molecule has 2 aromatic rings. The number of thioether (sulfide) groups is 1. The van der Waals surface area contributed by atoms with Crippen molar-refractivity contribution in [2.75, 3.05) is 13.1 Å². The highest BCUT2D eigenvalue weighted by Gasteiger charge is 2.34. The van der Waals surface area contributed by atoms with Gasteiger partial charge in [0.1, 0.15) is 5.75 Å². The lowest BCUT2D eigenvalue weighted by atomic mass is 10.2. The molecule has 1 aromatic heterocycles. The second-order valence-electron chi connectivity index (χ2n) is 5.89. The first-order valence-corrected chi connectivity index (χ1v) is 10.2. The van der Waals surface area contributed by atoms with Crippen molar-refractivity contribution < 1.29 is 27.9 Å². The summed E-state index contributed by atoms with van der Waals surface area (Å²) in [6.07, 6.45) is 1.76. The summed E-state index contributed by atoms with van der Waals surface area (Å²) in [5, 5.41) is 4.15. The van der Waals surface area contributed by atoms with Gasteiger partial charge in [-0.25, -0.2) is 0 Å². The molecule has 1 saturated heterocycles. The van der Waals surface area contributed by atoms with Gasteiger partial charge in [-0.1, -0.05) is 18.2 Å². The van der Waals surface area contributed by atoms with Crippen molar-refractivity contribution in [3.63, 3.8) is 0 Å². The van der Waals surface area contributed by atoms with Crippen molar-refractivity contribution in [1.29, 1.82) is 0 Å². The molecule has 1 aliphatic heterocycles. The van der Waals surface area contributed by atoms with Gasteiger partial charge in [-0.05, 0) is 47.0 Å². The van der Waals surface area contributed by atoms with E-state index in [0.717, 1.165) is 21.5 Å². The van der Waals surface area contributed by atoms with E-state index in [9.17, 15) is 23.2 Å². The predicted molar refractivity (Wildman–Crippen MR) is 107 cm³/mol. The van der Waals surface area contributed by atoms with Gasteiger partial charge < -0.3 is 10.1 Å². The van der Waals surface area contributed by atoms with Crippen LogP contribution in [0.4, 0.5) is 13.6 Å². The van der Waals surface area contributed by atoms with Crippen LogP contribution in [-0.2, 0) is 16.0 Å². The lowest BCUT2D eigenvalue weighted by molar-refractivity contribution is -0.124. The van der Waals surface area contributed by atoms with Gasteiger partial charge >= 0.3 is 6.61 Å². The number of alkyl halides is 2. The van der Waals surface area contributed by atoms with Gasteiger partial charge in [0.05, 0.1) is 11.3 Å². The standard InChI is InChI=1S/C19H16F2N2O4S2/c20-18(21)27-13-5-3-12(4-6-13)10-15-17(25)23(19(26)29-15)8-7-22-16(24)11-14-2-1-9-28-14/h1-6,9-10,18H,7-8,11H2,(H,22,24)/b15-10-. The average molecular weight is 438 g/mol. The van der Waals surface area contributed by atoms with Crippen molar-refractivity contribution in [3.8, 4) is 5.75 Å². The number of imide groups is 1. The smallest absolute Gasteiger partial charge is 0.387 e. The van der Waals surface area contributed by atoms with Crippen LogP contribution < -0.4 is 10.1 Å². The van der Waals surface area contributed by atoms with Crippen molar-refractivity contribution >= 4 is 46.2 Å². The van der Waals surface area contributed by atoms with Crippen LogP contribution >= 0.6 is 23.1 Å². The van der Waals surface area contributed by atoms with Crippen molar-refractivity contribution in [2.45, 2.75) is 13.0 Å². The van der Waals surface area contributed by atoms with Gasteiger partial charge in [-0.15, -0.1) is 11.3 Å². The summed E-state index contributed by atoms with van der Waals surface area (Å²) in [5.74, 6) is -0.634. The van der Waals surface area contributed by atoms with Gasteiger partial charge in [0.25, 0.3) is 11.1 Å². The molecule has 29 heavy (non-hydrogen) atoms. The zero-order valence-corrected chi connectivity index (χ0v) is 16.6. The molecule has 10 heteroatoms. The van der Waals surface area contributed by atoms with Crippen LogP contribution in [-0.4, -0.2) is 41.7 Å². The quantitative estimate of drug-likeness (QED) is 0.636. The van der Waals surface area contributed by atoms with Gasteiger partial charge in [-0.3, -0.25) is 19.3 Å². The molecule has 0 atom stereocenters. The molecule has 6 nitrogen and oxygen atoms in total. The third kappa shape index (κ3) is 5.88. The average Bonchev–Trinajstić information content (AvgIpc) is 3.26. The summed E-state index contributed by atoms with van der Waals surface area (Å²) in [6, 6.07) is 9.45. The molecule has 0 unspecified atom stereocenters. The Morgan fingerprint density at radius 3 is 2.62 bits per heavy atom. The zero-order valence-electron chi connectivity index (χ0n) is 15.0. The maximum absolute atomic E-state index is 12.4. The number of nitrogens with one attached hydrogen (secondary N) is 1. The second kappa shape index (κ2) is 9.66. The Bertz CT molecular complexity index is 915. The van der Waals surface area contributed by atoms with E-state index in [4.69, 9.17) is 0 Å². The molecule has 0 radical (unpaired) electrons. The first-order valence-electron chi connectivity index (χ1n) is 8.51. The molecular weight excluding hydrogens is 422 g/mol. The Kier molecular flexibility index (Phi) is 6.99. The van der Waals surface area contributed by atoms with Crippen LogP contribution in [0.1, 0.15) is 10.4 Å². The predicted octanol–water partition coefficient (Wildman–Crippen LogP) is 3.74. The van der Waals surface area contributed by atoms with E-state index < -0.39 is 17.8 Å². The molecule has 0 saturated carbocycles. The molecule has 3 rings (SSSR count). The number of halogens is 2. The van der Waals surface area contributed by atoms with Crippen LogP contribution in [0, 0.1) is 0 Å². The second-order valence-corrected chi connectivity index (χ2v) is 7.91. The van der Waals surface area contributed by atoms with Crippen LogP contribution in [0.3, 0.4) is 0 Å². The van der Waals surface area contributed by atoms with Crippen molar-refractivity contribution in [2.24, 2.45) is 0 Å². The van der Waals surface area contributed by atoms with E-state index in [2.05, 4.69) is 10.1 Å². The number of carbonyl (C=O) groups is 3. The topological polar surface area (TPSA) is 75.7 Å². The van der Waals surface area contributed by atoms with Crippen LogP contribution in [0.2, 0.25) is 0 Å². The molecule has 1 aromatic carbocycles. The first kappa shape index (κ1) is 21.0. The Hall–Kier alpha value is -2.72. The minimum Gasteiger partial charge on any atom is -0.435 e. The fourth-order valence-corrected chi connectivity index (χ4v) is 4.10. The molecular formula is C19H16F2N2O4S2. The number of ether oxygens (including phenoxy) is 1. The molecule has 1 N–H and O–H groups in total. The van der Waals surface area contributed by atoms with E-state index in [-0.39, 0.29) is 36.1 Å². The number of thiophene rings is 1. The lowest BCUT2D eigenvalue weighted by Crippen LogP contribution is -2.37. The van der Waals surface area contributed by atoms with E-state index in [1.54, 1.807) is 0 Å². The minimum atomic E-state index is -2.91. The van der Waals surface area contributed by atoms with E-state index >= 15 is 0 Å². The Balaban J connectivity index is 1.53. The summed E-state index contributed by atoms with van der Waals surface area (Å²) < 4.78 is 28.6. The Morgan fingerprint density at radius 2 is 1.97 bits per heavy atom. The maximum atomic E-state index is 12.4. The first-order chi connectivity index (χ1) is 13.9. The van der Waals surface area contributed by atoms with Crippen LogP contribution in [0.25, 0.3) is 6.08 Å². The van der Waals surface area contributed by atoms with E-state index in [1.807, 2.05) is 17.5 Å².